The molecule has 0 unspecified atom stereocenters. The average Bonchev–Trinajstić information content (AvgIpc) is 2.49. The van der Waals surface area contributed by atoms with Gasteiger partial charge in [-0.1, -0.05) is 54.6 Å². The quantitative estimate of drug-likeness (QED) is 0.626. The molecule has 0 heterocycles. The molecule has 0 aliphatic heterocycles. The van der Waals surface area contributed by atoms with Gasteiger partial charge in [0.1, 0.15) is 5.60 Å². The van der Waals surface area contributed by atoms with Crippen molar-refractivity contribution in [1.82, 2.24) is 0 Å². The highest BCUT2D eigenvalue weighted by Crippen LogP contribution is 2.19. The molecule has 0 aliphatic rings. The zero-order chi connectivity index (χ0) is 16.6. The first-order valence-corrected chi connectivity index (χ1v) is 7.00. The highest BCUT2D eigenvalue weighted by Gasteiger charge is 2.16. The van der Waals surface area contributed by atoms with E-state index in [-0.39, 0.29) is 5.97 Å². The van der Waals surface area contributed by atoms with Crippen molar-refractivity contribution in [3.8, 4) is 11.1 Å². The molecule has 2 aromatic carbocycles. The predicted molar refractivity (Wildman–Crippen MR) is 84.9 cm³/mol. The van der Waals surface area contributed by atoms with Crippen molar-refractivity contribution in [1.29, 1.82) is 10.8 Å². The molecule has 0 aromatic heterocycles. The molecule has 0 aliphatic carbocycles. The summed E-state index contributed by atoms with van der Waals surface area (Å²) in [7, 11) is 0. The molecule has 0 amide bonds. The fourth-order valence-corrected chi connectivity index (χ4v) is 1.99. The maximum Gasteiger partial charge on any atom is 0.310 e. The molecule has 0 atom stereocenters. The van der Waals surface area contributed by atoms with Gasteiger partial charge in [0.25, 0.3) is 0 Å². The minimum absolute atomic E-state index is 0.190. The van der Waals surface area contributed by atoms with Crippen molar-refractivity contribution in [2.24, 2.45) is 0 Å². The van der Waals surface area contributed by atoms with Crippen molar-refractivity contribution in [2.45, 2.75) is 32.8 Å². The summed E-state index contributed by atoms with van der Waals surface area (Å²) < 4.78 is 5.32. The molecule has 0 fully saturated rings. The Hall–Kier alpha value is -2.67. The molecule has 22 heavy (non-hydrogen) atoms. The van der Waals surface area contributed by atoms with E-state index in [1.807, 2.05) is 63.2 Å². The van der Waals surface area contributed by atoms with E-state index < -0.39 is 5.60 Å². The van der Waals surface area contributed by atoms with Gasteiger partial charge in [-0.05, 0) is 37.5 Å². The van der Waals surface area contributed by atoms with Crippen LogP contribution in [0.4, 0.5) is 0 Å². The lowest BCUT2D eigenvalue weighted by Crippen LogP contribution is -2.24. The Labute approximate surface area is 131 Å². The van der Waals surface area contributed by atoms with E-state index in [1.165, 1.54) is 5.56 Å². The number of rotatable bonds is 3. The SMILES string of the molecule is CC(C)(C)OC(=O)Cc1ccc(-c2ccccc2)cc1.N#N. The molecule has 2 aromatic rings. The van der Waals surface area contributed by atoms with Crippen LogP contribution in [-0.2, 0) is 16.0 Å². The van der Waals surface area contributed by atoms with Gasteiger partial charge in [-0.25, -0.2) is 0 Å². The number of esters is 1. The second kappa shape index (κ2) is 7.94. The van der Waals surface area contributed by atoms with Crippen LogP contribution in [0.5, 0.6) is 0 Å². The van der Waals surface area contributed by atoms with Crippen LogP contribution in [0.25, 0.3) is 11.1 Å². The minimum atomic E-state index is -0.430. The Morgan fingerprint density at radius 1 is 0.909 bits per heavy atom. The monoisotopic (exact) mass is 296 g/mol. The van der Waals surface area contributed by atoms with Gasteiger partial charge in [-0.15, -0.1) is 0 Å². The zero-order valence-corrected chi connectivity index (χ0v) is 13.1. The van der Waals surface area contributed by atoms with Crippen molar-refractivity contribution in [2.75, 3.05) is 0 Å². The van der Waals surface area contributed by atoms with Crippen LogP contribution in [0, 0.1) is 10.8 Å². The third-order valence-electron chi connectivity index (χ3n) is 2.83. The fraction of sp³-hybridized carbons (Fsp3) is 0.278. The maximum atomic E-state index is 11.8. The summed E-state index contributed by atoms with van der Waals surface area (Å²) in [6, 6.07) is 18.2. The number of carbonyl (C=O) groups excluding carboxylic acids is 1. The Morgan fingerprint density at radius 3 is 1.91 bits per heavy atom. The normalized spacial score (nSPS) is 10.2. The first-order chi connectivity index (χ1) is 10.4. The molecule has 2 rings (SSSR count). The molecule has 4 nitrogen and oxygen atoms in total. The molecule has 0 saturated heterocycles. The van der Waals surface area contributed by atoms with E-state index in [4.69, 9.17) is 15.5 Å². The van der Waals surface area contributed by atoms with Crippen molar-refractivity contribution >= 4 is 5.97 Å². The summed E-state index contributed by atoms with van der Waals surface area (Å²) in [5.41, 5.74) is 2.87. The van der Waals surface area contributed by atoms with Gasteiger partial charge in [0.05, 0.1) is 6.42 Å². The molecular weight excluding hydrogens is 276 g/mol. The number of hydrogen-bond donors (Lipinski definition) is 0. The largest absolute Gasteiger partial charge is 0.460 e. The second-order valence-electron chi connectivity index (χ2n) is 5.83. The van der Waals surface area contributed by atoms with Gasteiger partial charge in [0, 0.05) is 10.8 Å². The Bertz CT molecular complexity index is 611. The van der Waals surface area contributed by atoms with Crippen LogP contribution >= 0.6 is 0 Å². The van der Waals surface area contributed by atoms with E-state index in [2.05, 4.69) is 12.1 Å². The summed E-state index contributed by atoms with van der Waals surface area (Å²) >= 11 is 0. The van der Waals surface area contributed by atoms with Gasteiger partial charge in [-0.2, -0.15) is 0 Å². The summed E-state index contributed by atoms with van der Waals surface area (Å²) in [5, 5.41) is 12.0. The zero-order valence-electron chi connectivity index (χ0n) is 13.1. The van der Waals surface area contributed by atoms with Crippen LogP contribution in [0.2, 0.25) is 0 Å². The summed E-state index contributed by atoms with van der Waals surface area (Å²) in [5.74, 6) is -0.190. The average molecular weight is 296 g/mol. The Morgan fingerprint density at radius 2 is 1.41 bits per heavy atom. The molecule has 0 radical (unpaired) electrons. The lowest BCUT2D eigenvalue weighted by Gasteiger charge is -2.19. The standard InChI is InChI=1S/C18H20O2.N2/c1-18(2,3)20-17(19)13-14-9-11-16(12-10-14)15-7-5-4-6-8-15;1-2/h4-12H,13H2,1-3H3;. The predicted octanol–water partition coefficient (Wildman–Crippen LogP) is 4.27. The first kappa shape index (κ1) is 17.4. The maximum absolute atomic E-state index is 11.8. The lowest BCUT2D eigenvalue weighted by molar-refractivity contribution is -0.153. The number of ether oxygens (including phenoxy) is 1. The van der Waals surface area contributed by atoms with Crippen molar-refractivity contribution < 1.29 is 9.53 Å². The first-order valence-electron chi connectivity index (χ1n) is 7.00. The number of hydrogen-bond acceptors (Lipinski definition) is 4. The van der Waals surface area contributed by atoms with Gasteiger partial charge in [-0.3, -0.25) is 4.79 Å². The third kappa shape index (κ3) is 5.76. The molecule has 0 spiro atoms. The number of carbonyl (C=O) groups is 1. The molecule has 0 bridgehead atoms. The highest BCUT2D eigenvalue weighted by atomic mass is 16.6. The Kier molecular flexibility index (Phi) is 6.27. The van der Waals surface area contributed by atoms with Crippen LogP contribution in [0.3, 0.4) is 0 Å². The van der Waals surface area contributed by atoms with E-state index in [0.717, 1.165) is 11.1 Å². The molecular formula is C18H20N2O2. The number of nitrogens with zero attached hydrogens (tertiary/aromatic N) is 2. The smallest absolute Gasteiger partial charge is 0.310 e. The van der Waals surface area contributed by atoms with E-state index in [0.29, 0.717) is 6.42 Å². The molecule has 4 heteroatoms. The van der Waals surface area contributed by atoms with Gasteiger partial charge in [0.15, 0.2) is 0 Å². The van der Waals surface area contributed by atoms with E-state index in [9.17, 15) is 4.79 Å². The van der Waals surface area contributed by atoms with Crippen LogP contribution in [0.1, 0.15) is 26.3 Å². The minimum Gasteiger partial charge on any atom is -0.460 e. The topological polar surface area (TPSA) is 73.9 Å². The lowest BCUT2D eigenvalue weighted by atomic mass is 10.0. The van der Waals surface area contributed by atoms with Crippen molar-refractivity contribution in [3.63, 3.8) is 0 Å². The third-order valence-corrected chi connectivity index (χ3v) is 2.83. The fourth-order valence-electron chi connectivity index (χ4n) is 1.99. The highest BCUT2D eigenvalue weighted by molar-refractivity contribution is 5.73. The summed E-state index contributed by atoms with van der Waals surface area (Å²) in [6.07, 6.45) is 0.312. The van der Waals surface area contributed by atoms with E-state index in [1.54, 1.807) is 0 Å². The van der Waals surface area contributed by atoms with Gasteiger partial charge >= 0.3 is 5.97 Å². The van der Waals surface area contributed by atoms with Gasteiger partial charge in [0.2, 0.25) is 0 Å². The van der Waals surface area contributed by atoms with Crippen LogP contribution < -0.4 is 0 Å². The van der Waals surface area contributed by atoms with Crippen LogP contribution in [0.15, 0.2) is 54.6 Å². The molecule has 0 saturated carbocycles. The summed E-state index contributed by atoms with van der Waals surface area (Å²) in [4.78, 5) is 11.8. The van der Waals surface area contributed by atoms with E-state index >= 15 is 0 Å². The number of benzene rings is 2. The second-order valence-corrected chi connectivity index (χ2v) is 5.83. The van der Waals surface area contributed by atoms with Crippen LogP contribution in [-0.4, -0.2) is 11.6 Å². The summed E-state index contributed by atoms with van der Waals surface area (Å²) in [6.45, 7) is 5.64. The molecule has 0 N–H and O–H groups in total. The van der Waals surface area contributed by atoms with Gasteiger partial charge < -0.3 is 4.74 Å². The van der Waals surface area contributed by atoms with Crippen molar-refractivity contribution in [3.05, 3.63) is 60.2 Å². The molecule has 114 valence electrons. The Balaban J connectivity index is 0.00000116.